The number of benzene rings is 1. The Labute approximate surface area is 175 Å². The van der Waals surface area contributed by atoms with Crippen LogP contribution < -0.4 is 10.5 Å². The maximum absolute atomic E-state index is 6.14. The summed E-state index contributed by atoms with van der Waals surface area (Å²) >= 11 is 0. The highest BCUT2D eigenvalue weighted by Gasteiger charge is 2.49. The first-order chi connectivity index (χ1) is 14.3. The molecule has 0 saturated heterocycles. The van der Waals surface area contributed by atoms with Gasteiger partial charge in [-0.3, -0.25) is 0 Å². The predicted molar refractivity (Wildman–Crippen MR) is 114 cm³/mol. The van der Waals surface area contributed by atoms with Crippen LogP contribution in [-0.2, 0) is 9.78 Å². The van der Waals surface area contributed by atoms with E-state index in [1.807, 2.05) is 6.07 Å². The van der Waals surface area contributed by atoms with Crippen LogP contribution in [0.5, 0.6) is 5.75 Å². The Bertz CT molecular complexity index is 642. The van der Waals surface area contributed by atoms with Crippen LogP contribution in [0.3, 0.4) is 0 Å². The standard InChI is InChI=1S/C25H37NO3/c26-9-2-10-27-24-4-1-3-20(16-24)19-5-7-23(8-6-19)28-29-25-21-12-17-11-18(14-21)15-22(25)13-17/h1,3-4,16-19,21-23,25H,2,5-15,26H2. The molecule has 1 aromatic rings. The summed E-state index contributed by atoms with van der Waals surface area (Å²) in [5.41, 5.74) is 6.96. The molecule has 0 amide bonds. The SMILES string of the molecule is NCCCOc1cccc(C2CCC(OOC3C4CC5CC(C4)CC3C5)CC2)c1. The van der Waals surface area contributed by atoms with E-state index in [4.69, 9.17) is 20.2 Å². The molecule has 0 spiro atoms. The van der Waals surface area contributed by atoms with Gasteiger partial charge in [-0.15, -0.1) is 0 Å². The van der Waals surface area contributed by atoms with Crippen LogP contribution in [0.15, 0.2) is 24.3 Å². The first-order valence-electron chi connectivity index (χ1n) is 12.0. The summed E-state index contributed by atoms with van der Waals surface area (Å²) in [7, 11) is 0. The van der Waals surface area contributed by atoms with Crippen LogP contribution in [0.25, 0.3) is 0 Å². The van der Waals surface area contributed by atoms with Gasteiger partial charge in [0.05, 0.1) is 18.8 Å². The zero-order valence-corrected chi connectivity index (χ0v) is 17.6. The molecule has 0 aliphatic heterocycles. The number of ether oxygens (including phenoxy) is 1. The van der Waals surface area contributed by atoms with Gasteiger partial charge in [0.15, 0.2) is 0 Å². The van der Waals surface area contributed by atoms with Crippen LogP contribution in [0.4, 0.5) is 0 Å². The molecule has 0 unspecified atom stereocenters. The van der Waals surface area contributed by atoms with E-state index >= 15 is 0 Å². The topological polar surface area (TPSA) is 53.7 Å². The maximum atomic E-state index is 6.14. The predicted octanol–water partition coefficient (Wildman–Crippen LogP) is 5.21. The van der Waals surface area contributed by atoms with Crippen molar-refractivity contribution in [3.63, 3.8) is 0 Å². The van der Waals surface area contributed by atoms with E-state index in [0.717, 1.165) is 48.7 Å². The van der Waals surface area contributed by atoms with Crippen molar-refractivity contribution in [3.05, 3.63) is 29.8 Å². The van der Waals surface area contributed by atoms with Gasteiger partial charge < -0.3 is 10.5 Å². The zero-order chi connectivity index (χ0) is 19.6. The van der Waals surface area contributed by atoms with Crippen LogP contribution in [0.1, 0.15) is 75.7 Å². The Morgan fingerprint density at radius 2 is 1.59 bits per heavy atom. The lowest BCUT2D eigenvalue weighted by atomic mass is 9.55. The summed E-state index contributed by atoms with van der Waals surface area (Å²) in [4.78, 5) is 12.2. The molecule has 0 atom stereocenters. The van der Waals surface area contributed by atoms with Crippen LogP contribution in [-0.4, -0.2) is 25.4 Å². The molecule has 1 aromatic carbocycles. The Hall–Kier alpha value is -1.10. The third-order valence-electron chi connectivity index (χ3n) is 8.06. The lowest BCUT2D eigenvalue weighted by Gasteiger charge is -2.53. The van der Waals surface area contributed by atoms with E-state index in [1.54, 1.807) is 0 Å². The van der Waals surface area contributed by atoms with E-state index in [-0.39, 0.29) is 6.10 Å². The fraction of sp³-hybridized carbons (Fsp3) is 0.760. The number of rotatable bonds is 8. The van der Waals surface area contributed by atoms with E-state index < -0.39 is 0 Å². The Balaban J connectivity index is 1.09. The number of hydrogen-bond acceptors (Lipinski definition) is 4. The van der Waals surface area contributed by atoms with Crippen molar-refractivity contribution in [2.75, 3.05) is 13.2 Å². The van der Waals surface area contributed by atoms with E-state index in [2.05, 4.69) is 18.2 Å². The molecule has 4 bridgehead atoms. The Kier molecular flexibility index (Phi) is 6.12. The molecule has 4 heteroatoms. The highest BCUT2D eigenvalue weighted by Crippen LogP contribution is 2.54. The molecule has 0 heterocycles. The minimum Gasteiger partial charge on any atom is -0.494 e. The molecule has 5 saturated carbocycles. The van der Waals surface area contributed by atoms with Crippen LogP contribution in [0.2, 0.25) is 0 Å². The van der Waals surface area contributed by atoms with Gasteiger partial charge in [-0.25, -0.2) is 9.78 Å². The zero-order valence-electron chi connectivity index (χ0n) is 17.6. The smallest absolute Gasteiger partial charge is 0.119 e. The summed E-state index contributed by atoms with van der Waals surface area (Å²) in [5, 5.41) is 0. The third kappa shape index (κ3) is 4.50. The monoisotopic (exact) mass is 399 g/mol. The molecule has 2 N–H and O–H groups in total. The summed E-state index contributed by atoms with van der Waals surface area (Å²) < 4.78 is 5.83. The molecule has 4 nitrogen and oxygen atoms in total. The fourth-order valence-corrected chi connectivity index (χ4v) is 6.80. The van der Waals surface area contributed by atoms with Gasteiger partial charge in [-0.2, -0.15) is 0 Å². The van der Waals surface area contributed by atoms with Crippen molar-refractivity contribution in [2.24, 2.45) is 29.4 Å². The normalized spacial score (nSPS) is 38.3. The minimum absolute atomic E-state index is 0.271. The van der Waals surface area contributed by atoms with Crippen LogP contribution >= 0.6 is 0 Å². The van der Waals surface area contributed by atoms with Crippen molar-refractivity contribution in [1.82, 2.24) is 0 Å². The first-order valence-corrected chi connectivity index (χ1v) is 12.0. The van der Waals surface area contributed by atoms with Crippen molar-refractivity contribution >= 4 is 0 Å². The van der Waals surface area contributed by atoms with E-state index in [1.165, 1.54) is 50.5 Å². The lowest BCUT2D eigenvalue weighted by molar-refractivity contribution is -0.383. The fourth-order valence-electron chi connectivity index (χ4n) is 6.80. The molecule has 5 aliphatic carbocycles. The molecule has 0 aromatic heterocycles. The Morgan fingerprint density at radius 3 is 2.28 bits per heavy atom. The van der Waals surface area contributed by atoms with Gasteiger partial charge in [0.1, 0.15) is 5.75 Å². The maximum Gasteiger partial charge on any atom is 0.119 e. The molecule has 6 rings (SSSR count). The van der Waals surface area contributed by atoms with Crippen molar-refractivity contribution in [2.45, 2.75) is 82.3 Å². The van der Waals surface area contributed by atoms with Crippen molar-refractivity contribution < 1.29 is 14.5 Å². The summed E-state index contributed by atoms with van der Waals surface area (Å²) in [6.07, 6.45) is 13.1. The summed E-state index contributed by atoms with van der Waals surface area (Å²) in [6, 6.07) is 8.62. The summed E-state index contributed by atoms with van der Waals surface area (Å²) in [6.45, 7) is 1.37. The molecule has 0 radical (unpaired) electrons. The highest BCUT2D eigenvalue weighted by atomic mass is 17.2. The second-order valence-corrected chi connectivity index (χ2v) is 10.1. The van der Waals surface area contributed by atoms with E-state index in [9.17, 15) is 0 Å². The quantitative estimate of drug-likeness (QED) is 0.370. The van der Waals surface area contributed by atoms with Gasteiger partial charge in [0.25, 0.3) is 0 Å². The number of nitrogens with two attached hydrogens (primary N) is 1. The Morgan fingerprint density at radius 1 is 0.862 bits per heavy atom. The van der Waals surface area contributed by atoms with Crippen molar-refractivity contribution in [3.8, 4) is 5.75 Å². The highest BCUT2D eigenvalue weighted by molar-refractivity contribution is 5.31. The summed E-state index contributed by atoms with van der Waals surface area (Å²) in [5.74, 6) is 5.09. The molecule has 5 aliphatic rings. The average Bonchev–Trinajstić information content (AvgIpc) is 2.74. The largest absolute Gasteiger partial charge is 0.494 e. The van der Waals surface area contributed by atoms with Crippen LogP contribution in [0, 0.1) is 23.7 Å². The molecule has 29 heavy (non-hydrogen) atoms. The molecule has 5 fully saturated rings. The number of hydrogen-bond donors (Lipinski definition) is 1. The van der Waals surface area contributed by atoms with E-state index in [0.29, 0.717) is 25.2 Å². The molecular formula is C25H37NO3. The van der Waals surface area contributed by atoms with Crippen molar-refractivity contribution in [1.29, 1.82) is 0 Å². The average molecular weight is 400 g/mol. The molecular weight excluding hydrogens is 362 g/mol. The second kappa shape index (κ2) is 8.95. The van der Waals surface area contributed by atoms with Gasteiger partial charge in [-0.1, -0.05) is 12.1 Å². The minimum atomic E-state index is 0.271. The van der Waals surface area contributed by atoms with Gasteiger partial charge in [-0.05, 0) is 118 Å². The van der Waals surface area contributed by atoms with Gasteiger partial charge in [0.2, 0.25) is 0 Å². The molecule has 160 valence electrons. The third-order valence-corrected chi connectivity index (χ3v) is 8.06. The first kappa shape index (κ1) is 19.8. The van der Waals surface area contributed by atoms with Gasteiger partial charge >= 0.3 is 0 Å². The van der Waals surface area contributed by atoms with Gasteiger partial charge in [0, 0.05) is 0 Å². The second-order valence-electron chi connectivity index (χ2n) is 10.1. The lowest BCUT2D eigenvalue weighted by Crippen LogP contribution is -2.49.